The molecule has 12 rings (SSSR count). The van der Waals surface area contributed by atoms with Crippen molar-refractivity contribution in [2.45, 2.75) is 98.2 Å². The fourth-order valence-electron chi connectivity index (χ4n) is 12.5. The molecule has 0 aliphatic carbocycles. The average molecular weight is 1150 g/mol. The maximum absolute atomic E-state index is 14.7. The van der Waals surface area contributed by atoms with Gasteiger partial charge in [0.15, 0.2) is 23.4 Å². The second kappa shape index (κ2) is 18.8. The van der Waals surface area contributed by atoms with Crippen molar-refractivity contribution >= 4 is 97.8 Å². The lowest BCUT2D eigenvalue weighted by molar-refractivity contribution is -0.153. The van der Waals surface area contributed by atoms with Gasteiger partial charge in [-0.25, -0.2) is 8.42 Å². The molecule has 23 nitrogen and oxygen atoms in total. The number of hydrogen-bond donors (Lipinski definition) is 2. The van der Waals surface area contributed by atoms with Crippen LogP contribution in [0.3, 0.4) is 0 Å². The highest BCUT2D eigenvalue weighted by Crippen LogP contribution is 2.51. The zero-order valence-electron chi connectivity index (χ0n) is 41.9. The summed E-state index contributed by atoms with van der Waals surface area (Å²) in [5.41, 5.74) is 1.20. The quantitative estimate of drug-likeness (QED) is 0.161. The largest absolute Gasteiger partial charge is 0.497 e. The third kappa shape index (κ3) is 8.42. The van der Waals surface area contributed by atoms with Crippen LogP contribution >= 0.6 is 22.7 Å². The molecule has 2 aromatic heterocycles. The summed E-state index contributed by atoms with van der Waals surface area (Å²) in [5, 5.41) is 8.69. The Morgan fingerprint density at radius 3 is 1.40 bits per heavy atom. The molecule has 2 N–H and O–H groups in total. The van der Waals surface area contributed by atoms with E-state index in [2.05, 4.69) is 19.4 Å². The maximum atomic E-state index is 14.7. The number of piperidine rings is 2. The van der Waals surface area contributed by atoms with Crippen LogP contribution in [0.25, 0.3) is 0 Å². The first-order valence-corrected chi connectivity index (χ1v) is 31.0. The van der Waals surface area contributed by atoms with Crippen molar-refractivity contribution in [3.63, 3.8) is 0 Å². The van der Waals surface area contributed by atoms with E-state index in [0.29, 0.717) is 59.8 Å². The standard InChI is InChI=1S/C49H51N7O16S5/c1-67-26-8-6-22(32(14-26)69-3)18-55-38-30-12-10-28(71-30)34(38)40(57)36(48(55)59)44-50-46-42(76(63,64)52-44)24(20-73-46)16-54(75(5,61)62)17-25-21-74-47-43(25)77(65,66)53-45(51-47)37-41(58)35-29-11-13-31(72-29)39(35)56(49(37)60)19-23-7-9-27(68-2)15-33(23)70-4/h6-9,14-15,20-21,28-31,34-39H,10-13,16-19H2,1-5H3,(H,50,52)(H,51,53). The first kappa shape index (κ1) is 51.7. The molecule has 10 heterocycles. The number of carbonyl (C=O) groups is 4. The number of carbonyl (C=O) groups excluding carboxylic acids is 4. The number of nitrogens with zero attached hydrogens (tertiary/aromatic N) is 5. The normalized spacial score (nSPS) is 29.3. The molecule has 77 heavy (non-hydrogen) atoms. The molecule has 2 aromatic carbocycles. The number of methoxy groups -OCH3 is 4. The number of thiophene rings is 2. The summed E-state index contributed by atoms with van der Waals surface area (Å²) in [4.78, 5) is 60.6. The Hall–Kier alpha value is -6.01. The molecular weight excluding hydrogens is 1100 g/mol. The lowest BCUT2D eigenvalue weighted by Crippen LogP contribution is -2.62. The van der Waals surface area contributed by atoms with Crippen LogP contribution in [0, 0.1) is 23.7 Å². The lowest BCUT2D eigenvalue weighted by Gasteiger charge is -2.44. The number of rotatable bonds is 15. The average Bonchev–Trinajstić information content (AvgIpc) is 4.31. The lowest BCUT2D eigenvalue weighted by atomic mass is 9.73. The zero-order chi connectivity index (χ0) is 54.2. The van der Waals surface area contributed by atoms with Gasteiger partial charge in [-0.2, -0.15) is 21.1 Å². The number of ether oxygens (including phenoxy) is 6. The van der Waals surface area contributed by atoms with Gasteiger partial charge in [-0.3, -0.25) is 19.2 Å². The highest BCUT2D eigenvalue weighted by molar-refractivity contribution is 7.91. The van der Waals surface area contributed by atoms with E-state index in [-0.39, 0.29) is 44.0 Å². The number of anilines is 2. The van der Waals surface area contributed by atoms with Gasteiger partial charge in [-0.15, -0.1) is 31.5 Å². The summed E-state index contributed by atoms with van der Waals surface area (Å²) < 4.78 is 128. The van der Waals surface area contributed by atoms with Crippen LogP contribution in [0.1, 0.15) is 47.9 Å². The third-order valence-corrected chi connectivity index (χ3v) is 22.1. The van der Waals surface area contributed by atoms with Crippen molar-refractivity contribution in [3.05, 3.63) is 69.4 Å². The molecule has 6 fully saturated rings. The van der Waals surface area contributed by atoms with E-state index in [1.54, 1.807) is 46.2 Å². The molecular formula is C49H51N7O16S5. The van der Waals surface area contributed by atoms with Crippen LogP contribution in [0.2, 0.25) is 0 Å². The van der Waals surface area contributed by atoms with Crippen molar-refractivity contribution in [2.24, 2.45) is 32.5 Å². The number of amidine groups is 2. The Balaban J connectivity index is 0.804. The van der Waals surface area contributed by atoms with Gasteiger partial charge in [-0.1, -0.05) is 0 Å². The Labute approximate surface area is 450 Å². The molecule has 0 spiro atoms. The molecule has 6 saturated heterocycles. The molecule has 10 atom stereocenters. The second-order valence-electron chi connectivity index (χ2n) is 20.1. The fraction of sp³-hybridized carbons (Fsp3) is 0.469. The minimum atomic E-state index is -4.72. The number of likely N-dealkylation sites (tertiary alicyclic amines) is 2. The molecule has 28 heteroatoms. The monoisotopic (exact) mass is 1150 g/mol. The summed E-state index contributed by atoms with van der Waals surface area (Å²) in [6, 6.07) is 9.04. The number of Topliss-reactive ketones (excluding diaryl/α,β-unsaturated/α-hetero) is 2. The second-order valence-corrected chi connectivity index (χ2v) is 26.9. The molecule has 408 valence electrons. The van der Waals surface area contributed by atoms with Crippen molar-refractivity contribution in [2.75, 3.05) is 45.3 Å². The van der Waals surface area contributed by atoms with Gasteiger partial charge < -0.3 is 48.9 Å². The first-order chi connectivity index (χ1) is 36.7. The number of ketones is 2. The van der Waals surface area contributed by atoms with Crippen molar-refractivity contribution < 1.29 is 72.9 Å². The number of sulfonamides is 3. The summed E-state index contributed by atoms with van der Waals surface area (Å²) in [6.07, 6.45) is 1.53. The van der Waals surface area contributed by atoms with Crippen molar-refractivity contribution in [1.29, 1.82) is 0 Å². The highest BCUT2D eigenvalue weighted by Gasteiger charge is 2.64. The number of hydrogen-bond acceptors (Lipinski definition) is 20. The SMILES string of the molecule is COc1ccc(CN2C(=O)C(C3=NS(=O)(=O)c4c(CN(Cc5csc6c5S(=O)(=O)N=C(C5C(=O)C7C8CCC(O8)C7N(Cc7ccc(OC)cc7OC)C5=O)N6)S(C)(=O)=O)csc4N3)C(=O)C3C4CCC(O4)C32)c(OC)c1. The van der Waals surface area contributed by atoms with Crippen LogP contribution < -0.4 is 29.6 Å². The molecule has 2 amide bonds. The molecule has 8 aliphatic rings. The van der Waals surface area contributed by atoms with E-state index in [0.717, 1.165) is 33.2 Å². The van der Waals surface area contributed by atoms with Crippen LogP contribution in [0.15, 0.2) is 65.7 Å². The number of nitrogens with one attached hydrogen (secondary N) is 2. The predicted molar refractivity (Wildman–Crippen MR) is 277 cm³/mol. The van der Waals surface area contributed by atoms with E-state index < -0.39 is 138 Å². The van der Waals surface area contributed by atoms with E-state index in [1.165, 1.54) is 39.2 Å². The van der Waals surface area contributed by atoms with Crippen LogP contribution in [-0.4, -0.2) is 146 Å². The summed E-state index contributed by atoms with van der Waals surface area (Å²) >= 11 is 1.79. The van der Waals surface area contributed by atoms with Crippen LogP contribution in [-0.2, 0) is 84.9 Å². The van der Waals surface area contributed by atoms with Gasteiger partial charge in [0, 0.05) is 60.6 Å². The minimum Gasteiger partial charge on any atom is -0.497 e. The third-order valence-electron chi connectivity index (χ3n) is 15.9. The van der Waals surface area contributed by atoms with Gasteiger partial charge >= 0.3 is 0 Å². The van der Waals surface area contributed by atoms with Gasteiger partial charge in [0.1, 0.15) is 54.5 Å². The summed E-state index contributed by atoms with van der Waals surface area (Å²) in [6.45, 7) is -1.12. The van der Waals surface area contributed by atoms with Crippen LogP contribution in [0.4, 0.5) is 10.0 Å². The maximum Gasteiger partial charge on any atom is 0.287 e. The molecule has 10 unspecified atom stereocenters. The van der Waals surface area contributed by atoms with E-state index >= 15 is 0 Å². The predicted octanol–water partition coefficient (Wildman–Crippen LogP) is 3.38. The van der Waals surface area contributed by atoms with E-state index in [1.807, 2.05) is 0 Å². The molecule has 4 bridgehead atoms. The minimum absolute atomic E-state index is 0.00729. The van der Waals surface area contributed by atoms with Crippen molar-refractivity contribution in [3.8, 4) is 23.0 Å². The Morgan fingerprint density at radius 1 is 0.623 bits per heavy atom. The van der Waals surface area contributed by atoms with E-state index in [9.17, 15) is 44.4 Å². The Morgan fingerprint density at radius 2 is 1.03 bits per heavy atom. The van der Waals surface area contributed by atoms with Gasteiger partial charge in [0.2, 0.25) is 21.8 Å². The highest BCUT2D eigenvalue weighted by atomic mass is 32.2. The fourth-order valence-corrected chi connectivity index (χ4v) is 18.5. The molecule has 0 radical (unpaired) electrons. The topological polar surface area (TPSA) is 285 Å². The van der Waals surface area contributed by atoms with E-state index in [4.69, 9.17) is 28.4 Å². The summed E-state index contributed by atoms with van der Waals surface area (Å²) in [7, 11) is -7.71. The number of amides is 2. The molecule has 8 aliphatic heterocycles. The van der Waals surface area contributed by atoms with Gasteiger partial charge in [0.25, 0.3) is 20.0 Å². The first-order valence-electron chi connectivity index (χ1n) is 24.5. The Bertz CT molecular complexity index is 3400. The molecule has 4 aromatic rings. The molecule has 0 saturated carbocycles. The number of benzene rings is 2. The number of fused-ring (bicyclic) bond motifs is 12. The van der Waals surface area contributed by atoms with Gasteiger partial charge in [-0.05, 0) is 60.7 Å². The summed E-state index contributed by atoms with van der Waals surface area (Å²) in [5.74, 6) is -6.10. The van der Waals surface area contributed by atoms with Crippen molar-refractivity contribution in [1.82, 2.24) is 14.1 Å². The van der Waals surface area contributed by atoms with Crippen LogP contribution in [0.5, 0.6) is 23.0 Å². The Kier molecular flexibility index (Phi) is 12.7. The zero-order valence-corrected chi connectivity index (χ0v) is 45.9. The van der Waals surface area contributed by atoms with Gasteiger partial charge in [0.05, 0.1) is 83.0 Å². The smallest absolute Gasteiger partial charge is 0.287 e.